The van der Waals surface area contributed by atoms with E-state index in [0.29, 0.717) is 6.54 Å². The largest absolute Gasteiger partial charge is 0.330 e. The molecule has 15 heavy (non-hydrogen) atoms. The van der Waals surface area contributed by atoms with Crippen LogP contribution in [0.25, 0.3) is 5.57 Å². The van der Waals surface area contributed by atoms with Gasteiger partial charge in [-0.1, -0.05) is 13.0 Å². The van der Waals surface area contributed by atoms with Gasteiger partial charge in [0.05, 0.1) is 5.56 Å². The smallest absolute Gasteiger partial charge is 0.217 e. The Hall–Kier alpha value is -1.41. The van der Waals surface area contributed by atoms with Crippen LogP contribution >= 0.6 is 0 Å². The van der Waals surface area contributed by atoms with Crippen molar-refractivity contribution in [2.45, 2.75) is 19.8 Å². The van der Waals surface area contributed by atoms with Gasteiger partial charge in [-0.2, -0.15) is 4.58 Å². The molecule has 1 heterocycles. The van der Waals surface area contributed by atoms with Crippen LogP contribution in [0.3, 0.4) is 0 Å². The van der Waals surface area contributed by atoms with Crippen LogP contribution in [0.1, 0.15) is 24.5 Å². The molecule has 0 aliphatic carbocycles. The summed E-state index contributed by atoms with van der Waals surface area (Å²) >= 11 is 0. The molecule has 2 N–H and O–H groups in total. The van der Waals surface area contributed by atoms with E-state index in [1.165, 1.54) is 22.4 Å². The highest BCUT2D eigenvalue weighted by Gasteiger charge is 2.23. The van der Waals surface area contributed by atoms with Crippen molar-refractivity contribution in [3.05, 3.63) is 35.5 Å². The Bertz CT molecular complexity index is 430. The van der Waals surface area contributed by atoms with Crippen LogP contribution in [-0.2, 0) is 6.42 Å². The summed E-state index contributed by atoms with van der Waals surface area (Å²) in [6, 6.07) is 6.55. The Balaban J connectivity index is 2.45. The van der Waals surface area contributed by atoms with Crippen molar-refractivity contribution in [2.75, 3.05) is 6.54 Å². The van der Waals surface area contributed by atoms with Gasteiger partial charge in [0.15, 0.2) is 6.20 Å². The summed E-state index contributed by atoms with van der Waals surface area (Å²) in [4.78, 5) is 0. The van der Waals surface area contributed by atoms with Crippen molar-refractivity contribution < 1.29 is 4.58 Å². The van der Waals surface area contributed by atoms with E-state index in [1.807, 2.05) is 4.58 Å². The molecule has 2 nitrogen and oxygen atoms in total. The quantitative estimate of drug-likeness (QED) is 0.747. The molecule has 0 saturated heterocycles. The lowest BCUT2D eigenvalue weighted by Crippen LogP contribution is -1.99. The summed E-state index contributed by atoms with van der Waals surface area (Å²) in [5.41, 5.74) is 10.8. The number of rotatable bonds is 3. The second-order valence-corrected chi connectivity index (χ2v) is 3.87. The second kappa shape index (κ2) is 3.99. The third-order valence-electron chi connectivity index (χ3n) is 2.85. The summed E-state index contributed by atoms with van der Waals surface area (Å²) in [6.45, 7) is 6.84. The van der Waals surface area contributed by atoms with Gasteiger partial charge in [-0.05, 0) is 31.0 Å². The van der Waals surface area contributed by atoms with E-state index in [0.717, 1.165) is 12.8 Å². The summed E-state index contributed by atoms with van der Waals surface area (Å²) < 4.78 is 1.93. The maximum atomic E-state index is 5.60. The number of benzene rings is 1. The van der Waals surface area contributed by atoms with Crippen molar-refractivity contribution in [3.8, 4) is 0 Å². The zero-order chi connectivity index (χ0) is 10.8. The molecule has 0 bridgehead atoms. The SMILES string of the molecule is C=[N+]1C=C(CCN)c2cc(CC)ccc21. The fourth-order valence-electron chi connectivity index (χ4n) is 1.99. The van der Waals surface area contributed by atoms with Gasteiger partial charge in [0, 0.05) is 11.6 Å². The molecule has 0 fully saturated rings. The van der Waals surface area contributed by atoms with Gasteiger partial charge in [0.1, 0.15) is 6.72 Å². The van der Waals surface area contributed by atoms with Crippen molar-refractivity contribution in [1.82, 2.24) is 0 Å². The molecule has 1 aliphatic heterocycles. The minimum Gasteiger partial charge on any atom is -0.330 e. The predicted octanol–water partition coefficient (Wildman–Crippen LogP) is 2.30. The third kappa shape index (κ3) is 1.73. The Morgan fingerprint density at radius 1 is 1.40 bits per heavy atom. The normalized spacial score (nSPS) is 14.0. The average Bonchev–Trinajstić information content (AvgIpc) is 2.56. The van der Waals surface area contributed by atoms with E-state index < -0.39 is 0 Å². The molecule has 2 rings (SSSR count). The van der Waals surface area contributed by atoms with Crippen LogP contribution in [0, 0.1) is 0 Å². The molecule has 0 atom stereocenters. The van der Waals surface area contributed by atoms with Gasteiger partial charge in [0.2, 0.25) is 5.69 Å². The fourth-order valence-corrected chi connectivity index (χ4v) is 1.99. The van der Waals surface area contributed by atoms with E-state index in [9.17, 15) is 0 Å². The first kappa shape index (κ1) is 10.1. The van der Waals surface area contributed by atoms with Gasteiger partial charge >= 0.3 is 0 Å². The highest BCUT2D eigenvalue weighted by Crippen LogP contribution is 2.35. The molecule has 2 heteroatoms. The van der Waals surface area contributed by atoms with Gasteiger partial charge in [-0.3, -0.25) is 0 Å². The van der Waals surface area contributed by atoms with Crippen LogP contribution in [-0.4, -0.2) is 17.8 Å². The number of hydrogen-bond acceptors (Lipinski definition) is 1. The first-order valence-corrected chi connectivity index (χ1v) is 5.40. The molecule has 0 aromatic heterocycles. The third-order valence-corrected chi connectivity index (χ3v) is 2.85. The number of aryl methyl sites for hydroxylation is 1. The lowest BCUT2D eigenvalue weighted by molar-refractivity contribution is -0.344. The summed E-state index contributed by atoms with van der Waals surface area (Å²) in [6.07, 6.45) is 4.07. The highest BCUT2D eigenvalue weighted by atomic mass is 15.0. The van der Waals surface area contributed by atoms with Gasteiger partial charge in [-0.15, -0.1) is 0 Å². The Kier molecular flexibility index (Phi) is 2.69. The van der Waals surface area contributed by atoms with Gasteiger partial charge in [0.25, 0.3) is 0 Å². The van der Waals surface area contributed by atoms with Crippen LogP contribution in [0.4, 0.5) is 5.69 Å². The Morgan fingerprint density at radius 3 is 2.87 bits per heavy atom. The van der Waals surface area contributed by atoms with Crippen molar-refractivity contribution in [3.63, 3.8) is 0 Å². The predicted molar refractivity (Wildman–Crippen MR) is 64.5 cm³/mol. The van der Waals surface area contributed by atoms with Gasteiger partial charge in [-0.25, -0.2) is 0 Å². The molecule has 0 saturated carbocycles. The molecular weight excluding hydrogens is 184 g/mol. The molecule has 0 amide bonds. The molecule has 1 aromatic carbocycles. The molecule has 0 radical (unpaired) electrons. The van der Waals surface area contributed by atoms with E-state index in [1.54, 1.807) is 0 Å². The summed E-state index contributed by atoms with van der Waals surface area (Å²) in [5, 5.41) is 0. The number of hydrogen-bond donors (Lipinski definition) is 1. The number of fused-ring (bicyclic) bond motifs is 1. The highest BCUT2D eigenvalue weighted by molar-refractivity contribution is 5.76. The lowest BCUT2D eigenvalue weighted by Gasteiger charge is -2.01. The van der Waals surface area contributed by atoms with Crippen molar-refractivity contribution in [2.24, 2.45) is 5.73 Å². The van der Waals surface area contributed by atoms with Crippen LogP contribution in [0.15, 0.2) is 24.4 Å². The Morgan fingerprint density at radius 2 is 2.20 bits per heavy atom. The van der Waals surface area contributed by atoms with E-state index >= 15 is 0 Å². The minimum absolute atomic E-state index is 0.690. The molecule has 0 unspecified atom stereocenters. The Labute approximate surface area is 90.7 Å². The first-order chi connectivity index (χ1) is 7.26. The first-order valence-electron chi connectivity index (χ1n) is 5.40. The average molecular weight is 201 g/mol. The molecular formula is C13H17N2+. The van der Waals surface area contributed by atoms with Crippen LogP contribution in [0.5, 0.6) is 0 Å². The summed E-state index contributed by atoms with van der Waals surface area (Å²) in [7, 11) is 0. The maximum Gasteiger partial charge on any atom is 0.217 e. The summed E-state index contributed by atoms with van der Waals surface area (Å²) in [5.74, 6) is 0. The monoisotopic (exact) mass is 201 g/mol. The van der Waals surface area contributed by atoms with Crippen LogP contribution < -0.4 is 5.73 Å². The second-order valence-electron chi connectivity index (χ2n) is 3.87. The van der Waals surface area contributed by atoms with E-state index in [4.69, 9.17) is 5.73 Å². The zero-order valence-corrected chi connectivity index (χ0v) is 9.16. The van der Waals surface area contributed by atoms with E-state index in [-0.39, 0.29) is 0 Å². The zero-order valence-electron chi connectivity index (χ0n) is 9.16. The topological polar surface area (TPSA) is 29.0 Å². The number of nitrogens with zero attached hydrogens (tertiary/aromatic N) is 1. The molecule has 1 aliphatic rings. The maximum absolute atomic E-state index is 5.60. The standard InChI is InChI=1S/C13H17N2/c1-3-10-4-5-13-12(8-10)11(6-7-14)9-15(13)2/h4-5,8-9H,2-3,6-7,14H2,1H3/q+1. The van der Waals surface area contributed by atoms with Crippen molar-refractivity contribution in [1.29, 1.82) is 0 Å². The molecule has 1 aromatic rings. The van der Waals surface area contributed by atoms with Crippen LogP contribution in [0.2, 0.25) is 0 Å². The van der Waals surface area contributed by atoms with Crippen molar-refractivity contribution >= 4 is 18.0 Å². The molecule has 78 valence electrons. The van der Waals surface area contributed by atoms with E-state index in [2.05, 4.69) is 38.0 Å². The fraction of sp³-hybridized carbons (Fsp3) is 0.308. The molecule has 0 spiro atoms. The minimum atomic E-state index is 0.690. The van der Waals surface area contributed by atoms with Gasteiger partial charge < -0.3 is 5.73 Å². The lowest BCUT2D eigenvalue weighted by atomic mass is 10.0. The number of nitrogens with two attached hydrogens (primary N) is 1.